The number of nitrogens with zero attached hydrogens (tertiary/aromatic N) is 2. The standard InChI is InChI=1S/C24H18N2O6/c1-32-19-12-6-10-17(14-19)25-21(16-9-5-11-18(13-16)26(30)31)20(23(28)24(25)29)22(27)15-7-3-2-4-8-15/h2-14,21,27H,1H3/b22-20-. The van der Waals surface area contributed by atoms with Crippen molar-refractivity contribution < 1.29 is 24.4 Å². The first-order valence-electron chi connectivity index (χ1n) is 9.67. The van der Waals surface area contributed by atoms with E-state index in [0.717, 1.165) is 0 Å². The number of amides is 1. The highest BCUT2D eigenvalue weighted by Crippen LogP contribution is 2.43. The van der Waals surface area contributed by atoms with Crippen LogP contribution < -0.4 is 9.64 Å². The zero-order valence-electron chi connectivity index (χ0n) is 17.0. The molecule has 0 aromatic heterocycles. The maximum absolute atomic E-state index is 13.1. The van der Waals surface area contributed by atoms with Crippen LogP contribution in [-0.2, 0) is 9.59 Å². The van der Waals surface area contributed by atoms with Crippen LogP contribution in [0.4, 0.5) is 11.4 Å². The molecule has 4 rings (SSSR count). The highest BCUT2D eigenvalue weighted by molar-refractivity contribution is 6.51. The van der Waals surface area contributed by atoms with Gasteiger partial charge < -0.3 is 9.84 Å². The molecule has 0 radical (unpaired) electrons. The molecule has 160 valence electrons. The summed E-state index contributed by atoms with van der Waals surface area (Å²) in [5.74, 6) is -1.63. The van der Waals surface area contributed by atoms with Crippen molar-refractivity contribution in [2.75, 3.05) is 12.0 Å². The van der Waals surface area contributed by atoms with Crippen LogP contribution in [0.2, 0.25) is 0 Å². The first-order chi connectivity index (χ1) is 15.4. The van der Waals surface area contributed by atoms with Crippen LogP contribution in [0.1, 0.15) is 17.2 Å². The summed E-state index contributed by atoms with van der Waals surface area (Å²) in [6.07, 6.45) is 0. The number of non-ortho nitro benzene ring substituents is 1. The number of ether oxygens (including phenoxy) is 1. The third-order valence-corrected chi connectivity index (χ3v) is 5.22. The van der Waals surface area contributed by atoms with Crippen LogP contribution in [0.25, 0.3) is 5.76 Å². The van der Waals surface area contributed by atoms with E-state index in [1.165, 1.54) is 30.2 Å². The summed E-state index contributed by atoms with van der Waals surface area (Å²) in [5, 5.41) is 22.4. The number of benzene rings is 3. The fraction of sp³-hybridized carbons (Fsp3) is 0.0833. The minimum absolute atomic E-state index is 0.149. The number of anilines is 1. The van der Waals surface area contributed by atoms with Crippen molar-refractivity contribution in [2.45, 2.75) is 6.04 Å². The molecule has 8 nitrogen and oxygen atoms in total. The molecule has 3 aromatic carbocycles. The van der Waals surface area contributed by atoms with E-state index in [-0.39, 0.29) is 17.0 Å². The number of carbonyl (C=O) groups excluding carboxylic acids is 2. The van der Waals surface area contributed by atoms with Crippen LogP contribution in [0.5, 0.6) is 5.75 Å². The number of aliphatic hydroxyl groups is 1. The number of ketones is 1. The second-order valence-electron chi connectivity index (χ2n) is 7.09. The van der Waals surface area contributed by atoms with Gasteiger partial charge in [0.25, 0.3) is 17.4 Å². The highest BCUT2D eigenvalue weighted by atomic mass is 16.6. The number of hydrogen-bond donors (Lipinski definition) is 1. The molecule has 32 heavy (non-hydrogen) atoms. The molecule has 0 aliphatic carbocycles. The van der Waals surface area contributed by atoms with E-state index in [2.05, 4.69) is 0 Å². The van der Waals surface area contributed by atoms with Gasteiger partial charge in [-0.05, 0) is 17.7 Å². The third kappa shape index (κ3) is 3.58. The lowest BCUT2D eigenvalue weighted by Crippen LogP contribution is -2.29. The molecular formula is C24H18N2O6. The second kappa shape index (κ2) is 8.35. The summed E-state index contributed by atoms with van der Waals surface area (Å²) in [5.41, 5.74) is 0.684. The predicted molar refractivity (Wildman–Crippen MR) is 117 cm³/mol. The highest BCUT2D eigenvalue weighted by Gasteiger charge is 2.47. The molecule has 1 N–H and O–H groups in total. The van der Waals surface area contributed by atoms with Gasteiger partial charge in [0.1, 0.15) is 11.5 Å². The summed E-state index contributed by atoms with van der Waals surface area (Å²) in [6, 6.07) is 19.5. The molecule has 0 spiro atoms. The molecule has 1 aliphatic heterocycles. The van der Waals surface area contributed by atoms with Gasteiger partial charge in [0.05, 0.1) is 23.6 Å². The Bertz CT molecular complexity index is 1250. The lowest BCUT2D eigenvalue weighted by atomic mass is 9.95. The topological polar surface area (TPSA) is 110 Å². The summed E-state index contributed by atoms with van der Waals surface area (Å²) >= 11 is 0. The van der Waals surface area contributed by atoms with Crippen molar-refractivity contribution in [3.63, 3.8) is 0 Å². The van der Waals surface area contributed by atoms with Gasteiger partial charge in [-0.15, -0.1) is 0 Å². The first kappa shape index (κ1) is 20.8. The van der Waals surface area contributed by atoms with E-state index in [1.807, 2.05) is 0 Å². The maximum Gasteiger partial charge on any atom is 0.300 e. The van der Waals surface area contributed by atoms with Gasteiger partial charge in [-0.1, -0.05) is 48.5 Å². The molecule has 1 heterocycles. The molecular weight excluding hydrogens is 412 g/mol. The van der Waals surface area contributed by atoms with Crippen LogP contribution in [-0.4, -0.2) is 28.8 Å². The van der Waals surface area contributed by atoms with E-state index in [1.54, 1.807) is 60.7 Å². The van der Waals surface area contributed by atoms with Gasteiger partial charge in [-0.3, -0.25) is 24.6 Å². The van der Waals surface area contributed by atoms with Gasteiger partial charge in [-0.25, -0.2) is 0 Å². The molecule has 1 amide bonds. The smallest absolute Gasteiger partial charge is 0.300 e. The molecule has 0 bridgehead atoms. The number of aliphatic hydroxyl groups excluding tert-OH is 1. The average molecular weight is 430 g/mol. The quantitative estimate of drug-likeness (QED) is 0.213. The van der Waals surface area contributed by atoms with E-state index in [4.69, 9.17) is 4.74 Å². The average Bonchev–Trinajstić information content (AvgIpc) is 3.09. The summed E-state index contributed by atoms with van der Waals surface area (Å²) in [4.78, 5) is 38.2. The van der Waals surface area contributed by atoms with E-state index < -0.39 is 22.7 Å². The molecule has 0 saturated carbocycles. The first-order valence-corrected chi connectivity index (χ1v) is 9.67. The normalized spacial score (nSPS) is 17.4. The minimum atomic E-state index is -1.07. The van der Waals surface area contributed by atoms with Crippen molar-refractivity contribution in [2.24, 2.45) is 0 Å². The summed E-state index contributed by atoms with van der Waals surface area (Å²) in [6.45, 7) is 0. The molecule has 1 atom stereocenters. The predicted octanol–water partition coefficient (Wildman–Crippen LogP) is 4.23. The van der Waals surface area contributed by atoms with Gasteiger partial charge in [0.2, 0.25) is 0 Å². The van der Waals surface area contributed by atoms with Crippen LogP contribution >= 0.6 is 0 Å². The Morgan fingerprint density at radius 3 is 2.41 bits per heavy atom. The van der Waals surface area contributed by atoms with Crippen LogP contribution in [0.3, 0.4) is 0 Å². The molecule has 1 unspecified atom stereocenters. The van der Waals surface area contributed by atoms with Gasteiger partial charge in [-0.2, -0.15) is 0 Å². The van der Waals surface area contributed by atoms with E-state index in [9.17, 15) is 24.8 Å². The Labute approximate surface area is 183 Å². The number of nitro benzene ring substituents is 1. The molecule has 8 heteroatoms. The van der Waals surface area contributed by atoms with Crippen LogP contribution in [0, 0.1) is 10.1 Å². The summed E-state index contributed by atoms with van der Waals surface area (Å²) in [7, 11) is 1.47. The Kier molecular flexibility index (Phi) is 5.43. The van der Waals surface area contributed by atoms with Gasteiger partial charge in [0.15, 0.2) is 0 Å². The Hall–Kier alpha value is -4.46. The van der Waals surface area contributed by atoms with Crippen molar-refractivity contribution in [1.29, 1.82) is 0 Å². The number of Topliss-reactive ketones (excluding diaryl/α,β-unsaturated/α-hetero) is 1. The fourth-order valence-electron chi connectivity index (χ4n) is 3.73. The molecule has 3 aromatic rings. The molecule has 1 saturated heterocycles. The van der Waals surface area contributed by atoms with Crippen molar-refractivity contribution >= 4 is 28.8 Å². The Morgan fingerprint density at radius 1 is 1.00 bits per heavy atom. The van der Waals surface area contributed by atoms with Gasteiger partial charge in [0, 0.05) is 29.4 Å². The van der Waals surface area contributed by atoms with E-state index in [0.29, 0.717) is 22.6 Å². The van der Waals surface area contributed by atoms with Gasteiger partial charge >= 0.3 is 0 Å². The number of nitro groups is 1. The lowest BCUT2D eigenvalue weighted by molar-refractivity contribution is -0.384. The van der Waals surface area contributed by atoms with Crippen molar-refractivity contribution in [3.8, 4) is 5.75 Å². The maximum atomic E-state index is 13.1. The van der Waals surface area contributed by atoms with Crippen LogP contribution in [0.15, 0.2) is 84.4 Å². The molecule has 1 fully saturated rings. The van der Waals surface area contributed by atoms with E-state index >= 15 is 0 Å². The fourth-order valence-corrected chi connectivity index (χ4v) is 3.73. The monoisotopic (exact) mass is 430 g/mol. The lowest BCUT2D eigenvalue weighted by Gasteiger charge is -2.25. The van der Waals surface area contributed by atoms with Crippen molar-refractivity contribution in [1.82, 2.24) is 0 Å². The third-order valence-electron chi connectivity index (χ3n) is 5.22. The zero-order valence-corrected chi connectivity index (χ0v) is 17.0. The Morgan fingerprint density at radius 2 is 1.72 bits per heavy atom. The molecule has 1 aliphatic rings. The largest absolute Gasteiger partial charge is 0.507 e. The number of carbonyl (C=O) groups is 2. The second-order valence-corrected chi connectivity index (χ2v) is 7.09. The Balaban J connectivity index is 1.97. The number of methoxy groups -OCH3 is 1. The SMILES string of the molecule is COc1cccc(N2C(=O)C(=O)/C(=C(\O)c3ccccc3)C2c2cccc([N+](=O)[O-])c2)c1. The number of hydrogen-bond acceptors (Lipinski definition) is 6. The zero-order chi connectivity index (χ0) is 22.8. The number of rotatable bonds is 5. The summed E-state index contributed by atoms with van der Waals surface area (Å²) < 4.78 is 5.24. The minimum Gasteiger partial charge on any atom is -0.507 e. The van der Waals surface area contributed by atoms with Crippen molar-refractivity contribution in [3.05, 3.63) is 106 Å².